The summed E-state index contributed by atoms with van der Waals surface area (Å²) in [6.07, 6.45) is 0. The average molecular weight is 315 g/mol. The third-order valence-electron chi connectivity index (χ3n) is 3.84. The molecular formula is C18H21NO4. The topological polar surface area (TPSA) is 68.5 Å². The average Bonchev–Trinajstić information content (AvgIpc) is 2.77. The number of rotatable bonds is 5. The van der Waals surface area contributed by atoms with Crippen molar-refractivity contribution in [2.75, 3.05) is 6.61 Å². The quantitative estimate of drug-likeness (QED) is 0.861. The first-order valence-electron chi connectivity index (χ1n) is 7.45. The summed E-state index contributed by atoms with van der Waals surface area (Å²) >= 11 is 0. The highest BCUT2D eigenvalue weighted by Crippen LogP contribution is 2.21. The minimum atomic E-state index is -0.539. The molecular weight excluding hydrogens is 294 g/mol. The Morgan fingerprint density at radius 1 is 1.09 bits per heavy atom. The van der Waals surface area contributed by atoms with Gasteiger partial charge in [0.1, 0.15) is 17.1 Å². The molecule has 2 rings (SSSR count). The Labute approximate surface area is 135 Å². The number of esters is 1. The number of furan rings is 1. The Balaban J connectivity index is 1.87. The molecule has 0 aliphatic rings. The van der Waals surface area contributed by atoms with E-state index in [9.17, 15) is 9.59 Å². The zero-order valence-electron chi connectivity index (χ0n) is 13.9. The van der Waals surface area contributed by atoms with Crippen molar-refractivity contribution in [2.45, 2.75) is 34.2 Å². The number of hydrogen-bond acceptors (Lipinski definition) is 4. The lowest BCUT2D eigenvalue weighted by molar-refractivity contribution is -0.124. The van der Waals surface area contributed by atoms with Gasteiger partial charge in [-0.1, -0.05) is 24.3 Å². The lowest BCUT2D eigenvalue weighted by Crippen LogP contribution is -2.28. The summed E-state index contributed by atoms with van der Waals surface area (Å²) in [6, 6.07) is 7.79. The Morgan fingerprint density at radius 2 is 1.78 bits per heavy atom. The molecule has 1 heterocycles. The zero-order valence-corrected chi connectivity index (χ0v) is 13.9. The van der Waals surface area contributed by atoms with Crippen LogP contribution >= 0.6 is 0 Å². The number of amides is 1. The van der Waals surface area contributed by atoms with Crippen LogP contribution in [0.3, 0.4) is 0 Å². The predicted molar refractivity (Wildman–Crippen MR) is 86.2 cm³/mol. The smallest absolute Gasteiger partial charge is 0.342 e. The van der Waals surface area contributed by atoms with Gasteiger partial charge in [-0.2, -0.15) is 0 Å². The van der Waals surface area contributed by atoms with E-state index in [0.29, 0.717) is 23.6 Å². The molecule has 5 heteroatoms. The largest absolute Gasteiger partial charge is 0.465 e. The fourth-order valence-corrected chi connectivity index (χ4v) is 2.35. The van der Waals surface area contributed by atoms with Crippen LogP contribution in [0.1, 0.15) is 38.6 Å². The van der Waals surface area contributed by atoms with E-state index in [2.05, 4.69) is 5.32 Å². The number of hydrogen-bond donors (Lipinski definition) is 1. The third kappa shape index (κ3) is 4.00. The second-order valence-corrected chi connectivity index (χ2v) is 5.49. The van der Waals surface area contributed by atoms with Crippen molar-refractivity contribution in [1.29, 1.82) is 0 Å². The summed E-state index contributed by atoms with van der Waals surface area (Å²) in [5.74, 6) is 0.309. The van der Waals surface area contributed by atoms with Crippen LogP contribution in [0.15, 0.2) is 28.7 Å². The predicted octanol–water partition coefficient (Wildman–Crippen LogP) is 2.99. The summed E-state index contributed by atoms with van der Waals surface area (Å²) in [4.78, 5) is 23.9. The summed E-state index contributed by atoms with van der Waals surface area (Å²) in [6.45, 7) is 7.36. The lowest BCUT2D eigenvalue weighted by atomic mass is 10.1. The summed E-state index contributed by atoms with van der Waals surface area (Å²) in [5.41, 5.74) is 3.27. The highest BCUT2D eigenvalue weighted by atomic mass is 16.5. The van der Waals surface area contributed by atoms with Gasteiger partial charge in [0.05, 0.1) is 0 Å². The molecule has 23 heavy (non-hydrogen) atoms. The van der Waals surface area contributed by atoms with Gasteiger partial charge in [0.15, 0.2) is 6.61 Å². The molecule has 1 aromatic heterocycles. The standard InChI is InChI=1S/C18H21NO4/c1-11-7-5-6-8-15(11)9-19-16(20)10-22-18(21)17-12(2)13(3)23-14(17)4/h5-8H,9-10H2,1-4H3,(H,19,20). The molecule has 0 aliphatic carbocycles. The van der Waals surface area contributed by atoms with E-state index in [0.717, 1.165) is 16.7 Å². The van der Waals surface area contributed by atoms with Crippen LogP contribution < -0.4 is 5.32 Å². The van der Waals surface area contributed by atoms with E-state index in [4.69, 9.17) is 9.15 Å². The van der Waals surface area contributed by atoms with Crippen molar-refractivity contribution in [3.63, 3.8) is 0 Å². The minimum Gasteiger partial charge on any atom is -0.465 e. The molecule has 0 saturated heterocycles. The Kier molecular flexibility index (Phi) is 5.21. The van der Waals surface area contributed by atoms with Crippen LogP contribution in [0, 0.1) is 27.7 Å². The molecule has 5 nitrogen and oxygen atoms in total. The second-order valence-electron chi connectivity index (χ2n) is 5.49. The first kappa shape index (κ1) is 16.8. The van der Waals surface area contributed by atoms with Gasteiger partial charge in [-0.15, -0.1) is 0 Å². The molecule has 0 aliphatic heterocycles. The molecule has 0 unspecified atom stereocenters. The molecule has 1 N–H and O–H groups in total. The summed E-state index contributed by atoms with van der Waals surface area (Å²) < 4.78 is 10.5. The van der Waals surface area contributed by atoms with E-state index >= 15 is 0 Å². The van der Waals surface area contributed by atoms with Gasteiger partial charge in [-0.05, 0) is 38.8 Å². The maximum absolute atomic E-state index is 12.1. The highest BCUT2D eigenvalue weighted by molar-refractivity contribution is 5.93. The molecule has 0 saturated carbocycles. The molecule has 0 fully saturated rings. The molecule has 0 atom stereocenters. The molecule has 1 amide bonds. The molecule has 122 valence electrons. The summed E-state index contributed by atoms with van der Waals surface area (Å²) in [7, 11) is 0. The maximum atomic E-state index is 12.1. The van der Waals surface area contributed by atoms with Gasteiger partial charge in [-0.3, -0.25) is 4.79 Å². The van der Waals surface area contributed by atoms with Gasteiger partial charge >= 0.3 is 5.97 Å². The maximum Gasteiger partial charge on any atom is 0.342 e. The Bertz CT molecular complexity index is 731. The number of aryl methyl sites for hydroxylation is 3. The van der Waals surface area contributed by atoms with Crippen molar-refractivity contribution < 1.29 is 18.7 Å². The van der Waals surface area contributed by atoms with Crippen LogP contribution in [0.4, 0.5) is 0 Å². The van der Waals surface area contributed by atoms with Gasteiger partial charge in [-0.25, -0.2) is 4.79 Å². The molecule has 0 bridgehead atoms. The van der Waals surface area contributed by atoms with E-state index in [1.807, 2.05) is 31.2 Å². The second kappa shape index (κ2) is 7.13. The molecule has 1 aromatic carbocycles. The van der Waals surface area contributed by atoms with Crippen molar-refractivity contribution in [3.05, 3.63) is 58.0 Å². The SMILES string of the molecule is Cc1ccccc1CNC(=O)COC(=O)c1c(C)oc(C)c1C. The zero-order chi connectivity index (χ0) is 17.0. The fraction of sp³-hybridized carbons (Fsp3) is 0.333. The van der Waals surface area contributed by atoms with Crippen molar-refractivity contribution in [3.8, 4) is 0 Å². The number of nitrogens with one attached hydrogen (secondary N) is 1. The van der Waals surface area contributed by atoms with E-state index in [-0.39, 0.29) is 12.5 Å². The number of carbonyl (C=O) groups is 2. The van der Waals surface area contributed by atoms with E-state index < -0.39 is 5.97 Å². The molecule has 0 radical (unpaired) electrons. The third-order valence-corrected chi connectivity index (χ3v) is 3.84. The number of carbonyl (C=O) groups excluding carboxylic acids is 2. The first-order valence-corrected chi connectivity index (χ1v) is 7.45. The van der Waals surface area contributed by atoms with Crippen molar-refractivity contribution >= 4 is 11.9 Å². The van der Waals surface area contributed by atoms with Gasteiger partial charge in [0, 0.05) is 12.1 Å². The van der Waals surface area contributed by atoms with Gasteiger partial charge in [0.25, 0.3) is 5.91 Å². The summed E-state index contributed by atoms with van der Waals surface area (Å²) in [5, 5.41) is 2.74. The van der Waals surface area contributed by atoms with Crippen LogP contribution in [0.25, 0.3) is 0 Å². The van der Waals surface area contributed by atoms with Gasteiger partial charge in [0.2, 0.25) is 0 Å². The van der Waals surface area contributed by atoms with Gasteiger partial charge < -0.3 is 14.5 Å². The van der Waals surface area contributed by atoms with Crippen LogP contribution in [-0.2, 0) is 16.1 Å². The fourth-order valence-electron chi connectivity index (χ4n) is 2.35. The van der Waals surface area contributed by atoms with Crippen LogP contribution in [-0.4, -0.2) is 18.5 Å². The minimum absolute atomic E-state index is 0.312. The van der Waals surface area contributed by atoms with Crippen molar-refractivity contribution in [2.24, 2.45) is 0 Å². The number of benzene rings is 1. The molecule has 0 spiro atoms. The van der Waals surface area contributed by atoms with Crippen molar-refractivity contribution in [1.82, 2.24) is 5.32 Å². The normalized spacial score (nSPS) is 10.4. The first-order chi connectivity index (χ1) is 10.9. The monoisotopic (exact) mass is 315 g/mol. The van der Waals surface area contributed by atoms with E-state index in [1.54, 1.807) is 20.8 Å². The lowest BCUT2D eigenvalue weighted by Gasteiger charge is -2.08. The highest BCUT2D eigenvalue weighted by Gasteiger charge is 2.20. The van der Waals surface area contributed by atoms with E-state index in [1.165, 1.54) is 0 Å². The Morgan fingerprint density at radius 3 is 2.39 bits per heavy atom. The Hall–Kier alpha value is -2.56. The van der Waals surface area contributed by atoms with Crippen LogP contribution in [0.2, 0.25) is 0 Å². The van der Waals surface area contributed by atoms with Crippen LogP contribution in [0.5, 0.6) is 0 Å². The molecule has 2 aromatic rings. The number of ether oxygens (including phenoxy) is 1.